The van der Waals surface area contributed by atoms with E-state index in [1.807, 2.05) is 19.9 Å². The zero-order chi connectivity index (χ0) is 9.47. The molecule has 1 aromatic heterocycles. The van der Waals surface area contributed by atoms with Crippen molar-refractivity contribution >= 4 is 0 Å². The van der Waals surface area contributed by atoms with Gasteiger partial charge in [-0.05, 0) is 32.9 Å². The summed E-state index contributed by atoms with van der Waals surface area (Å²) in [7, 11) is 0. The molecule has 0 aliphatic carbocycles. The summed E-state index contributed by atoms with van der Waals surface area (Å²) < 4.78 is 11.1. The first-order valence-corrected chi connectivity index (χ1v) is 4.52. The molecule has 0 spiro atoms. The van der Waals surface area contributed by atoms with Gasteiger partial charge in [-0.2, -0.15) is 0 Å². The van der Waals surface area contributed by atoms with Crippen molar-refractivity contribution in [1.82, 2.24) is 0 Å². The quantitative estimate of drug-likeness (QED) is 0.659. The van der Waals surface area contributed by atoms with Crippen LogP contribution in [0.1, 0.15) is 30.4 Å². The van der Waals surface area contributed by atoms with E-state index in [9.17, 15) is 0 Å². The van der Waals surface area contributed by atoms with Gasteiger partial charge in [-0.3, -0.25) is 0 Å². The van der Waals surface area contributed by atoms with Gasteiger partial charge in [0.25, 0.3) is 0 Å². The number of hydrogen-bond donors (Lipinski definition) is 0. The Morgan fingerprint density at radius 3 is 2.62 bits per heavy atom. The van der Waals surface area contributed by atoms with Gasteiger partial charge in [-0.1, -0.05) is 0 Å². The SMILES string of the molecule is Cc1cc(C2(C)CC=CO2)c(C)o1. The van der Waals surface area contributed by atoms with Crippen LogP contribution in [-0.2, 0) is 10.3 Å². The van der Waals surface area contributed by atoms with Gasteiger partial charge in [0, 0.05) is 12.0 Å². The normalized spacial score (nSPS) is 26.4. The Balaban J connectivity index is 2.39. The molecule has 2 heteroatoms. The molecule has 0 amide bonds. The van der Waals surface area contributed by atoms with Crippen LogP contribution < -0.4 is 0 Å². The molecule has 13 heavy (non-hydrogen) atoms. The second kappa shape index (κ2) is 2.66. The van der Waals surface area contributed by atoms with Crippen molar-refractivity contribution in [2.24, 2.45) is 0 Å². The van der Waals surface area contributed by atoms with Gasteiger partial charge in [-0.25, -0.2) is 0 Å². The summed E-state index contributed by atoms with van der Waals surface area (Å²) in [5.74, 6) is 1.91. The molecule has 0 saturated carbocycles. The first-order valence-electron chi connectivity index (χ1n) is 4.52. The molecule has 70 valence electrons. The number of aryl methyl sites for hydroxylation is 2. The minimum atomic E-state index is -0.207. The molecule has 0 saturated heterocycles. The highest BCUT2D eigenvalue weighted by atomic mass is 16.5. The van der Waals surface area contributed by atoms with E-state index in [1.165, 1.54) is 0 Å². The molecule has 1 aliphatic rings. The molecule has 0 fully saturated rings. The van der Waals surface area contributed by atoms with E-state index in [0.29, 0.717) is 0 Å². The average Bonchev–Trinajstić information content (AvgIpc) is 2.59. The van der Waals surface area contributed by atoms with E-state index in [1.54, 1.807) is 6.26 Å². The monoisotopic (exact) mass is 178 g/mol. The van der Waals surface area contributed by atoms with Crippen molar-refractivity contribution in [3.63, 3.8) is 0 Å². The number of furan rings is 1. The maximum atomic E-state index is 5.58. The molecule has 1 aliphatic heterocycles. The molecule has 2 nitrogen and oxygen atoms in total. The first kappa shape index (κ1) is 8.42. The smallest absolute Gasteiger partial charge is 0.137 e. The van der Waals surface area contributed by atoms with Gasteiger partial charge in [0.05, 0.1) is 6.26 Å². The lowest BCUT2D eigenvalue weighted by Crippen LogP contribution is -2.19. The van der Waals surface area contributed by atoms with Crippen molar-refractivity contribution < 1.29 is 9.15 Å². The third kappa shape index (κ3) is 1.26. The Morgan fingerprint density at radius 1 is 1.38 bits per heavy atom. The average molecular weight is 178 g/mol. The lowest BCUT2D eigenvalue weighted by atomic mass is 9.94. The van der Waals surface area contributed by atoms with Gasteiger partial charge in [0.2, 0.25) is 0 Å². The maximum absolute atomic E-state index is 5.58. The minimum Gasteiger partial charge on any atom is -0.490 e. The van der Waals surface area contributed by atoms with Crippen LogP contribution in [0.15, 0.2) is 22.8 Å². The Morgan fingerprint density at radius 2 is 2.15 bits per heavy atom. The summed E-state index contributed by atoms with van der Waals surface area (Å²) in [5.41, 5.74) is 0.956. The van der Waals surface area contributed by atoms with E-state index in [4.69, 9.17) is 9.15 Å². The van der Waals surface area contributed by atoms with E-state index < -0.39 is 0 Å². The lowest BCUT2D eigenvalue weighted by molar-refractivity contribution is 0.0595. The van der Waals surface area contributed by atoms with Crippen LogP contribution in [0.4, 0.5) is 0 Å². The molecule has 0 N–H and O–H groups in total. The van der Waals surface area contributed by atoms with Gasteiger partial charge in [0.1, 0.15) is 17.1 Å². The zero-order valence-electron chi connectivity index (χ0n) is 8.26. The fraction of sp³-hybridized carbons (Fsp3) is 0.455. The van der Waals surface area contributed by atoms with Crippen LogP contribution in [0.2, 0.25) is 0 Å². The molecule has 0 aromatic carbocycles. The van der Waals surface area contributed by atoms with Crippen LogP contribution in [0.5, 0.6) is 0 Å². The van der Waals surface area contributed by atoms with E-state index in [2.05, 4.69) is 13.0 Å². The minimum absolute atomic E-state index is 0.207. The summed E-state index contributed by atoms with van der Waals surface area (Å²) in [6, 6.07) is 2.06. The third-order valence-electron chi connectivity index (χ3n) is 2.54. The Labute approximate surface area is 78.2 Å². The molecular formula is C11H14O2. The molecule has 0 bridgehead atoms. The number of ether oxygens (including phenoxy) is 1. The molecule has 1 aromatic rings. The number of hydrogen-bond acceptors (Lipinski definition) is 2. The fourth-order valence-corrected chi connectivity index (χ4v) is 1.85. The maximum Gasteiger partial charge on any atom is 0.137 e. The predicted octanol–water partition coefficient (Wildman–Crippen LogP) is 3.05. The van der Waals surface area contributed by atoms with Crippen LogP contribution in [0, 0.1) is 13.8 Å². The number of rotatable bonds is 1. The van der Waals surface area contributed by atoms with Crippen LogP contribution in [0.3, 0.4) is 0 Å². The van der Waals surface area contributed by atoms with Gasteiger partial charge in [0.15, 0.2) is 0 Å². The van der Waals surface area contributed by atoms with Crippen molar-refractivity contribution in [2.45, 2.75) is 32.8 Å². The van der Waals surface area contributed by atoms with Crippen molar-refractivity contribution in [1.29, 1.82) is 0 Å². The fourth-order valence-electron chi connectivity index (χ4n) is 1.85. The Kier molecular flexibility index (Phi) is 1.72. The summed E-state index contributed by atoms with van der Waals surface area (Å²) >= 11 is 0. The van der Waals surface area contributed by atoms with Gasteiger partial charge in [-0.15, -0.1) is 0 Å². The van der Waals surface area contributed by atoms with Crippen LogP contribution in [-0.4, -0.2) is 0 Å². The summed E-state index contributed by atoms with van der Waals surface area (Å²) in [4.78, 5) is 0. The molecule has 2 heterocycles. The van der Waals surface area contributed by atoms with Crippen molar-refractivity contribution in [3.05, 3.63) is 35.5 Å². The topological polar surface area (TPSA) is 22.4 Å². The van der Waals surface area contributed by atoms with E-state index in [-0.39, 0.29) is 5.60 Å². The van der Waals surface area contributed by atoms with E-state index in [0.717, 1.165) is 23.5 Å². The highest BCUT2D eigenvalue weighted by Gasteiger charge is 2.32. The summed E-state index contributed by atoms with van der Waals surface area (Å²) in [6.07, 6.45) is 4.73. The van der Waals surface area contributed by atoms with Gasteiger partial charge < -0.3 is 9.15 Å². The Bertz CT molecular complexity index is 339. The lowest BCUT2D eigenvalue weighted by Gasteiger charge is -2.22. The molecule has 2 rings (SSSR count). The highest BCUT2D eigenvalue weighted by Crippen LogP contribution is 2.37. The molecular weight excluding hydrogens is 164 g/mol. The second-order valence-electron chi connectivity index (χ2n) is 3.75. The molecule has 0 radical (unpaired) electrons. The predicted molar refractivity (Wildman–Crippen MR) is 50.4 cm³/mol. The summed E-state index contributed by atoms with van der Waals surface area (Å²) in [6.45, 7) is 6.03. The molecule has 1 atom stereocenters. The zero-order valence-corrected chi connectivity index (χ0v) is 8.26. The highest BCUT2D eigenvalue weighted by molar-refractivity contribution is 5.28. The van der Waals surface area contributed by atoms with Crippen molar-refractivity contribution in [2.75, 3.05) is 0 Å². The summed E-state index contributed by atoms with van der Waals surface area (Å²) in [5, 5.41) is 0. The third-order valence-corrected chi connectivity index (χ3v) is 2.54. The van der Waals surface area contributed by atoms with Crippen molar-refractivity contribution in [3.8, 4) is 0 Å². The van der Waals surface area contributed by atoms with E-state index >= 15 is 0 Å². The second-order valence-corrected chi connectivity index (χ2v) is 3.75. The van der Waals surface area contributed by atoms with Gasteiger partial charge >= 0.3 is 0 Å². The van der Waals surface area contributed by atoms with Crippen LogP contribution in [0.25, 0.3) is 0 Å². The largest absolute Gasteiger partial charge is 0.490 e. The Hall–Kier alpha value is -1.18. The molecule has 1 unspecified atom stereocenters. The first-order chi connectivity index (χ1) is 6.12. The standard InChI is InChI=1S/C11H14O2/c1-8-7-10(9(2)13-8)11(3)5-4-6-12-11/h4,6-7H,5H2,1-3H3. The van der Waals surface area contributed by atoms with Crippen LogP contribution >= 0.6 is 0 Å².